The van der Waals surface area contributed by atoms with E-state index >= 15 is 0 Å². The highest BCUT2D eigenvalue weighted by molar-refractivity contribution is 14.1. The number of benzene rings is 1. The molecular formula is C13H17IO3. The zero-order valence-corrected chi connectivity index (χ0v) is 12.0. The maximum atomic E-state index is 9.62. The number of ether oxygens (including phenoxy) is 2. The summed E-state index contributed by atoms with van der Waals surface area (Å²) in [6.45, 7) is 2.73. The lowest BCUT2D eigenvalue weighted by Crippen LogP contribution is -2.55. The van der Waals surface area contributed by atoms with Crippen molar-refractivity contribution in [3.05, 3.63) is 27.8 Å². The first-order valence-electron chi connectivity index (χ1n) is 5.92. The van der Waals surface area contributed by atoms with Crippen molar-refractivity contribution in [3.63, 3.8) is 0 Å². The lowest BCUT2D eigenvalue weighted by atomic mass is 9.88. The fourth-order valence-corrected chi connectivity index (χ4v) is 2.19. The van der Waals surface area contributed by atoms with Gasteiger partial charge in [0.05, 0.1) is 6.10 Å². The van der Waals surface area contributed by atoms with Crippen molar-refractivity contribution >= 4 is 22.6 Å². The molecule has 3 unspecified atom stereocenters. The zero-order chi connectivity index (χ0) is 12.3. The van der Waals surface area contributed by atoms with Crippen LogP contribution in [0.25, 0.3) is 0 Å². The number of halogens is 1. The lowest BCUT2D eigenvalue weighted by Gasteiger charge is -2.40. The van der Waals surface area contributed by atoms with Crippen LogP contribution in [0.4, 0.5) is 0 Å². The van der Waals surface area contributed by atoms with E-state index in [4.69, 9.17) is 9.47 Å². The van der Waals surface area contributed by atoms with Crippen molar-refractivity contribution in [3.8, 4) is 5.75 Å². The van der Waals surface area contributed by atoms with Crippen molar-refractivity contribution in [1.82, 2.24) is 0 Å². The van der Waals surface area contributed by atoms with Crippen molar-refractivity contribution in [2.45, 2.75) is 38.1 Å². The maximum Gasteiger partial charge on any atom is 0.130 e. The third-order valence-electron chi connectivity index (χ3n) is 2.83. The number of aliphatic hydroxyl groups is 1. The minimum atomic E-state index is -0.379. The van der Waals surface area contributed by atoms with Crippen LogP contribution in [0.5, 0.6) is 5.75 Å². The van der Waals surface area contributed by atoms with E-state index in [0.717, 1.165) is 12.2 Å². The molecule has 1 aromatic rings. The van der Waals surface area contributed by atoms with Crippen LogP contribution < -0.4 is 4.74 Å². The van der Waals surface area contributed by atoms with E-state index in [1.807, 2.05) is 24.3 Å². The molecule has 4 heteroatoms. The van der Waals surface area contributed by atoms with E-state index in [1.165, 1.54) is 3.57 Å². The molecule has 0 aromatic heterocycles. The third kappa shape index (κ3) is 3.33. The Balaban J connectivity index is 1.88. The highest BCUT2D eigenvalue weighted by atomic mass is 127. The van der Waals surface area contributed by atoms with Crippen LogP contribution >= 0.6 is 22.6 Å². The number of hydrogen-bond acceptors (Lipinski definition) is 3. The summed E-state index contributed by atoms with van der Waals surface area (Å²) >= 11 is 2.26. The Kier molecular flexibility index (Phi) is 4.64. The van der Waals surface area contributed by atoms with Crippen molar-refractivity contribution < 1.29 is 14.6 Å². The molecule has 17 heavy (non-hydrogen) atoms. The van der Waals surface area contributed by atoms with Gasteiger partial charge in [0.15, 0.2) is 0 Å². The number of rotatable bonds is 5. The zero-order valence-electron chi connectivity index (χ0n) is 9.80. The fourth-order valence-electron chi connectivity index (χ4n) is 1.83. The van der Waals surface area contributed by atoms with Gasteiger partial charge in [-0.05, 0) is 53.3 Å². The van der Waals surface area contributed by atoms with Crippen LogP contribution in [-0.2, 0) is 4.74 Å². The van der Waals surface area contributed by atoms with Crippen LogP contribution in [0.15, 0.2) is 24.3 Å². The van der Waals surface area contributed by atoms with E-state index in [9.17, 15) is 5.11 Å². The summed E-state index contributed by atoms with van der Waals surface area (Å²) in [5.41, 5.74) is 0. The van der Waals surface area contributed by atoms with Gasteiger partial charge in [0.25, 0.3) is 0 Å². The van der Waals surface area contributed by atoms with Gasteiger partial charge in [0.2, 0.25) is 0 Å². The molecule has 94 valence electrons. The highest BCUT2D eigenvalue weighted by Crippen LogP contribution is 2.29. The molecule has 3 atom stereocenters. The minimum Gasteiger partial charge on any atom is -0.488 e. The van der Waals surface area contributed by atoms with Gasteiger partial charge in [-0.2, -0.15) is 0 Å². The van der Waals surface area contributed by atoms with E-state index in [-0.39, 0.29) is 18.3 Å². The second-order valence-electron chi connectivity index (χ2n) is 4.25. The Bertz CT molecular complexity index is 352. The summed E-state index contributed by atoms with van der Waals surface area (Å²) in [4.78, 5) is 0. The van der Waals surface area contributed by atoms with Crippen LogP contribution in [0, 0.1) is 3.57 Å². The predicted molar refractivity (Wildman–Crippen MR) is 74.2 cm³/mol. The van der Waals surface area contributed by atoms with Gasteiger partial charge in [0.1, 0.15) is 18.0 Å². The molecular weight excluding hydrogens is 331 g/mol. The quantitative estimate of drug-likeness (QED) is 0.832. The predicted octanol–water partition coefficient (Wildman–Crippen LogP) is 2.60. The van der Waals surface area contributed by atoms with Gasteiger partial charge in [-0.25, -0.2) is 0 Å². The molecule has 1 aromatic carbocycles. The first-order chi connectivity index (χ1) is 8.20. The third-order valence-corrected chi connectivity index (χ3v) is 3.55. The first kappa shape index (κ1) is 13.1. The van der Waals surface area contributed by atoms with Gasteiger partial charge >= 0.3 is 0 Å². The van der Waals surface area contributed by atoms with E-state index in [0.29, 0.717) is 13.0 Å². The molecule has 0 saturated heterocycles. The van der Waals surface area contributed by atoms with Gasteiger partial charge in [0, 0.05) is 16.6 Å². The molecule has 0 amide bonds. The second-order valence-corrected chi connectivity index (χ2v) is 5.49. The molecule has 3 nitrogen and oxygen atoms in total. The molecule has 1 saturated carbocycles. The van der Waals surface area contributed by atoms with Crippen molar-refractivity contribution in [2.75, 3.05) is 6.61 Å². The van der Waals surface area contributed by atoms with Crippen molar-refractivity contribution in [1.29, 1.82) is 0 Å². The topological polar surface area (TPSA) is 38.7 Å². The maximum absolute atomic E-state index is 9.62. The monoisotopic (exact) mass is 348 g/mol. The summed E-state index contributed by atoms with van der Waals surface area (Å²) in [5.74, 6) is 0.840. The van der Waals surface area contributed by atoms with Crippen LogP contribution in [0.1, 0.15) is 19.8 Å². The summed E-state index contributed by atoms with van der Waals surface area (Å²) < 4.78 is 12.6. The second kappa shape index (κ2) is 6.02. The van der Waals surface area contributed by atoms with Gasteiger partial charge in [-0.3, -0.25) is 0 Å². The SMILES string of the molecule is CCCOC1C(O)CC1Oc1ccc(I)cc1. The average molecular weight is 348 g/mol. The average Bonchev–Trinajstić information content (AvgIpc) is 2.31. The molecule has 0 aliphatic heterocycles. The van der Waals surface area contributed by atoms with Crippen molar-refractivity contribution in [2.24, 2.45) is 0 Å². The van der Waals surface area contributed by atoms with E-state index in [2.05, 4.69) is 29.5 Å². The Hall–Kier alpha value is -0.330. The Morgan fingerprint density at radius 2 is 2.06 bits per heavy atom. The Morgan fingerprint density at radius 1 is 1.35 bits per heavy atom. The molecule has 1 N–H and O–H groups in total. The Morgan fingerprint density at radius 3 is 2.65 bits per heavy atom. The van der Waals surface area contributed by atoms with E-state index in [1.54, 1.807) is 0 Å². The summed E-state index contributed by atoms with van der Waals surface area (Å²) in [5, 5.41) is 9.62. The smallest absolute Gasteiger partial charge is 0.130 e. The van der Waals surface area contributed by atoms with Gasteiger partial charge in [-0.1, -0.05) is 6.92 Å². The summed E-state index contributed by atoms with van der Waals surface area (Å²) in [6.07, 6.45) is 1.04. The molecule has 1 aliphatic carbocycles. The number of hydrogen-bond donors (Lipinski definition) is 1. The van der Waals surface area contributed by atoms with Crippen LogP contribution in [0.3, 0.4) is 0 Å². The number of aliphatic hydroxyl groups excluding tert-OH is 1. The standard InChI is InChI=1S/C13H17IO3/c1-2-7-16-13-11(15)8-12(13)17-10-5-3-9(14)4-6-10/h3-6,11-13,15H,2,7-8H2,1H3. The molecule has 0 radical (unpaired) electrons. The normalized spacial score (nSPS) is 27.6. The molecule has 1 aliphatic rings. The molecule has 0 spiro atoms. The molecule has 1 fully saturated rings. The minimum absolute atomic E-state index is 0.0170. The fraction of sp³-hybridized carbons (Fsp3) is 0.538. The Labute approximate surface area is 115 Å². The lowest BCUT2D eigenvalue weighted by molar-refractivity contribution is -0.162. The van der Waals surface area contributed by atoms with E-state index < -0.39 is 0 Å². The molecule has 0 bridgehead atoms. The van der Waals surface area contributed by atoms with Gasteiger partial charge in [-0.15, -0.1) is 0 Å². The largest absolute Gasteiger partial charge is 0.488 e. The molecule has 2 rings (SSSR count). The molecule has 0 heterocycles. The highest BCUT2D eigenvalue weighted by Gasteiger charge is 2.42. The van der Waals surface area contributed by atoms with Crippen LogP contribution in [-0.4, -0.2) is 30.0 Å². The summed E-state index contributed by atoms with van der Waals surface area (Å²) in [7, 11) is 0. The first-order valence-corrected chi connectivity index (χ1v) is 7.00. The van der Waals surface area contributed by atoms with Gasteiger partial charge < -0.3 is 14.6 Å². The van der Waals surface area contributed by atoms with Crippen LogP contribution in [0.2, 0.25) is 0 Å². The summed E-state index contributed by atoms with van der Waals surface area (Å²) in [6, 6.07) is 7.91.